The van der Waals surface area contributed by atoms with Crippen LogP contribution in [0.5, 0.6) is 0 Å². The minimum atomic E-state index is -0.924. The van der Waals surface area contributed by atoms with Crippen LogP contribution in [-0.2, 0) is 63.4 Å². The van der Waals surface area contributed by atoms with Gasteiger partial charge in [0.05, 0.1) is 6.04 Å². The van der Waals surface area contributed by atoms with Crippen LogP contribution in [0.3, 0.4) is 0 Å². The molecule has 5 nitrogen and oxygen atoms in total. The Labute approximate surface area is 163 Å². The molecule has 2 amide bonds. The van der Waals surface area contributed by atoms with Gasteiger partial charge in [-0.25, -0.2) is 0 Å². The molecule has 0 aliphatic carbocycles. The van der Waals surface area contributed by atoms with E-state index in [0.717, 1.165) is 4.90 Å². The molecule has 1 aliphatic rings. The van der Waals surface area contributed by atoms with Crippen LogP contribution in [0.1, 0.15) is 33.6 Å². The molecule has 1 atom stereocenters. The molecule has 1 unspecified atom stereocenters. The molecule has 0 fully saturated rings. The molecule has 0 saturated heterocycles. The van der Waals surface area contributed by atoms with Gasteiger partial charge in [-0.15, -0.1) is 24.3 Å². The number of hydrogen-bond acceptors (Lipinski definition) is 4. The molecule has 7 heteroatoms. The Hall–Kier alpha value is -0.508. The smallest absolute Gasteiger partial charge is 0.210 e. The summed E-state index contributed by atoms with van der Waals surface area (Å²) in [6, 6.07) is 6.41. The van der Waals surface area contributed by atoms with Crippen molar-refractivity contribution >= 4 is 24.4 Å². The molecule has 1 heterocycles. The van der Waals surface area contributed by atoms with Crippen LogP contribution in [-0.4, -0.2) is 35.3 Å². The summed E-state index contributed by atoms with van der Waals surface area (Å²) in [5.41, 5.74) is 0.411. The summed E-state index contributed by atoms with van der Waals surface area (Å²) in [6.07, 6.45) is 2.24. The van der Waals surface area contributed by atoms with Crippen LogP contribution in [0.4, 0.5) is 0 Å². The average molecular weight is 531 g/mol. The maximum Gasteiger partial charge on any atom is 0.210 e. The molecule has 0 N–H and O–H groups in total. The van der Waals surface area contributed by atoms with E-state index in [1.165, 1.54) is 12.1 Å². The maximum absolute atomic E-state index is 12.0. The van der Waals surface area contributed by atoms with E-state index in [1.807, 2.05) is 0 Å². The Bertz CT molecular complexity index is 500. The van der Waals surface area contributed by atoms with Gasteiger partial charge in [-0.3, -0.25) is 11.1 Å². The number of rotatable bonds is 5. The Morgan fingerprint density at radius 2 is 2.00 bits per heavy atom. The van der Waals surface area contributed by atoms with Crippen molar-refractivity contribution in [2.75, 3.05) is 0 Å². The number of fused-ring (bicyclic) bond motifs is 1. The van der Waals surface area contributed by atoms with Gasteiger partial charge in [-0.1, -0.05) is 12.0 Å². The van der Waals surface area contributed by atoms with Crippen molar-refractivity contribution in [1.82, 2.24) is 4.90 Å². The van der Waals surface area contributed by atoms with Crippen LogP contribution in [0, 0.1) is 13.5 Å². The first-order valence-electron chi connectivity index (χ1n) is 5.39. The largest absolute Gasteiger partial charge is 0.542 e. The fourth-order valence-electron chi connectivity index (χ4n) is 1.90. The van der Waals surface area contributed by atoms with Crippen LogP contribution in [0.25, 0.3) is 0 Å². The van der Waals surface area contributed by atoms with E-state index in [2.05, 4.69) is 6.07 Å². The first kappa shape index (κ1) is 22.8. The van der Waals surface area contributed by atoms with Gasteiger partial charge in [0.2, 0.25) is 5.91 Å². The number of imide groups is 1. The molecule has 2 rings (SSSR count). The first-order chi connectivity index (χ1) is 8.70. The summed E-state index contributed by atoms with van der Waals surface area (Å²) in [5.74, 6) is -1.06. The molecule has 0 aromatic heterocycles. The predicted octanol–water partition coefficient (Wildman–Crippen LogP) is 0.985. The second-order valence-corrected chi connectivity index (χ2v) is 3.83. The number of benzene rings is 1. The first-order valence-corrected chi connectivity index (χ1v) is 5.39. The number of aldehydes is 1. The minimum Gasteiger partial charge on any atom is -0.542 e. The molecule has 109 valence electrons. The van der Waals surface area contributed by atoms with Gasteiger partial charge in [0.25, 0.3) is 0 Å². The average Bonchev–Trinajstić information content (AvgIpc) is 2.65. The third-order valence-corrected chi connectivity index (χ3v) is 2.77. The van der Waals surface area contributed by atoms with Gasteiger partial charge in [0.15, 0.2) is 5.91 Å². The fourth-order valence-corrected chi connectivity index (χ4v) is 1.90. The molecule has 1 aromatic rings. The molecule has 1 radical (unpaired) electrons. The van der Waals surface area contributed by atoms with Crippen LogP contribution in [0.15, 0.2) is 18.2 Å². The van der Waals surface area contributed by atoms with E-state index in [9.17, 15) is 19.2 Å². The monoisotopic (exact) mass is 531 g/mol. The quantitative estimate of drug-likeness (QED) is 0.323. The Morgan fingerprint density at radius 3 is 2.52 bits per heavy atom. The van der Waals surface area contributed by atoms with Crippen molar-refractivity contribution in [3.8, 4) is 0 Å². The summed E-state index contributed by atoms with van der Waals surface area (Å²) in [6.45, 7) is 0. The van der Waals surface area contributed by atoms with Crippen LogP contribution < -0.4 is 0 Å². The Balaban J connectivity index is 0. The van der Waals surface area contributed by atoms with Crippen molar-refractivity contribution in [2.24, 2.45) is 0 Å². The topological polar surface area (TPSA) is 71.5 Å². The zero-order chi connectivity index (χ0) is 13.1. The standard InChI is InChI=1S/C13H9NO4.CH3.W.Y/c15-7-3-4-9(8-16)14-12(17)10-5-1-2-6-11(10)13(14)18;;;/h1-2,5,8-9H,3-4H2;1H3;;/q-2;-1;;. The van der Waals surface area contributed by atoms with Crippen molar-refractivity contribution in [3.05, 3.63) is 42.8 Å². The van der Waals surface area contributed by atoms with E-state index in [1.54, 1.807) is 12.4 Å². The summed E-state index contributed by atoms with van der Waals surface area (Å²) < 4.78 is 0. The van der Waals surface area contributed by atoms with Gasteiger partial charge in [0, 0.05) is 53.8 Å². The van der Waals surface area contributed by atoms with Gasteiger partial charge in [0.1, 0.15) is 6.29 Å². The van der Waals surface area contributed by atoms with Gasteiger partial charge in [-0.05, 0) is 5.56 Å². The summed E-state index contributed by atoms with van der Waals surface area (Å²) in [7, 11) is 0. The van der Waals surface area contributed by atoms with E-state index < -0.39 is 17.9 Å². The number of hydrogen-bond donors (Lipinski definition) is 0. The second-order valence-electron chi connectivity index (χ2n) is 3.83. The predicted molar refractivity (Wildman–Crippen MR) is 67.0 cm³/mol. The van der Waals surface area contributed by atoms with Gasteiger partial charge < -0.3 is 26.7 Å². The van der Waals surface area contributed by atoms with Gasteiger partial charge >= 0.3 is 0 Å². The van der Waals surface area contributed by atoms with Crippen molar-refractivity contribution in [2.45, 2.75) is 18.9 Å². The Morgan fingerprint density at radius 1 is 1.33 bits per heavy atom. The van der Waals surface area contributed by atoms with E-state index in [4.69, 9.17) is 0 Å². The number of carbonyl (C=O) groups excluding carboxylic acids is 4. The summed E-state index contributed by atoms with van der Waals surface area (Å²) in [5, 5.41) is 0. The SMILES string of the molecule is O=[C-]CCC(C=O)N1C(=O)c2[c-]cccc2C1=O.[CH3-].[W].[Y]. The number of amides is 2. The van der Waals surface area contributed by atoms with Crippen molar-refractivity contribution in [3.63, 3.8) is 0 Å². The van der Waals surface area contributed by atoms with E-state index >= 15 is 0 Å². The second kappa shape index (κ2) is 10.3. The normalized spacial score (nSPS) is 13.2. The summed E-state index contributed by atoms with van der Waals surface area (Å²) in [4.78, 5) is 46.0. The summed E-state index contributed by atoms with van der Waals surface area (Å²) >= 11 is 0. The number of nitrogens with zero attached hydrogens (tertiary/aromatic N) is 1. The molecule has 0 bridgehead atoms. The maximum atomic E-state index is 12.0. The molecule has 21 heavy (non-hydrogen) atoms. The molecular formula is C14H12NO4WY-3. The van der Waals surface area contributed by atoms with Crippen molar-refractivity contribution < 1.29 is 73.0 Å². The fraction of sp³-hybridized carbons (Fsp3) is 0.214. The Kier molecular flexibility index (Phi) is 11.1. The molecule has 0 spiro atoms. The third kappa shape index (κ3) is 4.48. The van der Waals surface area contributed by atoms with E-state index in [0.29, 0.717) is 6.29 Å². The van der Waals surface area contributed by atoms with Crippen LogP contribution in [0.2, 0.25) is 0 Å². The molecular weight excluding hydrogens is 519 g/mol. The molecule has 1 aromatic carbocycles. The zero-order valence-electron chi connectivity index (χ0n) is 11.4. The third-order valence-electron chi connectivity index (χ3n) is 2.77. The minimum absolute atomic E-state index is 0. The van der Waals surface area contributed by atoms with Crippen LogP contribution >= 0.6 is 0 Å². The van der Waals surface area contributed by atoms with Gasteiger partial charge in [-0.2, -0.15) is 6.42 Å². The number of carbonyl (C=O) groups is 3. The molecule has 0 saturated carbocycles. The molecule has 1 aliphatic heterocycles. The van der Waals surface area contributed by atoms with Crippen molar-refractivity contribution in [1.29, 1.82) is 0 Å². The van der Waals surface area contributed by atoms with E-state index in [-0.39, 0.29) is 85.2 Å². The zero-order valence-corrected chi connectivity index (χ0v) is 17.1.